The first-order valence-electron chi connectivity index (χ1n) is 6.64. The van der Waals surface area contributed by atoms with Crippen LogP contribution in [0.5, 0.6) is 0 Å². The molecule has 0 bridgehead atoms. The van der Waals surface area contributed by atoms with E-state index < -0.39 is 0 Å². The Kier molecular flexibility index (Phi) is 11.8. The van der Waals surface area contributed by atoms with Crippen molar-refractivity contribution in [3.8, 4) is 11.8 Å². The van der Waals surface area contributed by atoms with E-state index in [0.29, 0.717) is 0 Å². The van der Waals surface area contributed by atoms with Gasteiger partial charge in [0, 0.05) is 6.42 Å². The van der Waals surface area contributed by atoms with Gasteiger partial charge in [0.1, 0.15) is 0 Å². The number of aliphatic hydroxyl groups excluding tert-OH is 1. The largest absolute Gasteiger partial charge is 0.389 e. The molecule has 0 saturated carbocycles. The first-order valence-corrected chi connectivity index (χ1v) is 6.64. The second kappa shape index (κ2) is 12.3. The van der Waals surface area contributed by atoms with Crippen molar-refractivity contribution in [1.82, 2.24) is 0 Å². The van der Waals surface area contributed by atoms with E-state index in [2.05, 4.69) is 25.7 Å². The van der Waals surface area contributed by atoms with Gasteiger partial charge in [-0.25, -0.2) is 0 Å². The highest BCUT2D eigenvalue weighted by Gasteiger charge is 1.96. The average Bonchev–Trinajstić information content (AvgIpc) is 2.28. The highest BCUT2D eigenvalue weighted by molar-refractivity contribution is 5.16. The number of unbranched alkanes of at least 4 members (excludes halogenated alkanes) is 5. The topological polar surface area (TPSA) is 20.2 Å². The van der Waals surface area contributed by atoms with Crippen molar-refractivity contribution in [1.29, 1.82) is 0 Å². The van der Waals surface area contributed by atoms with Crippen molar-refractivity contribution in [3.05, 3.63) is 12.2 Å². The summed E-state index contributed by atoms with van der Waals surface area (Å²) in [6.45, 7) is 4.37. The zero-order chi connectivity index (χ0) is 12.1. The van der Waals surface area contributed by atoms with Gasteiger partial charge in [0.25, 0.3) is 0 Å². The van der Waals surface area contributed by atoms with Gasteiger partial charge >= 0.3 is 0 Å². The number of hydrogen-bond acceptors (Lipinski definition) is 1. The van der Waals surface area contributed by atoms with E-state index in [1.54, 1.807) is 6.08 Å². The standard InChI is InChI=1S/C15H26O/c1-3-5-7-8-9-10-12-14-15(16)13-11-6-4-2/h12,14-16H,3-8,11,13H2,1-2H3/b14-12+. The van der Waals surface area contributed by atoms with E-state index in [1.165, 1.54) is 32.1 Å². The maximum atomic E-state index is 9.56. The van der Waals surface area contributed by atoms with Crippen molar-refractivity contribution >= 4 is 0 Å². The number of aliphatic hydroxyl groups is 1. The van der Waals surface area contributed by atoms with Crippen molar-refractivity contribution in [3.63, 3.8) is 0 Å². The third-order valence-corrected chi connectivity index (χ3v) is 2.51. The Bertz CT molecular complexity index is 219. The molecule has 0 aromatic heterocycles. The number of allylic oxidation sites excluding steroid dienone is 1. The minimum Gasteiger partial charge on any atom is -0.389 e. The second-order valence-electron chi connectivity index (χ2n) is 4.20. The van der Waals surface area contributed by atoms with Crippen LogP contribution < -0.4 is 0 Å². The molecule has 0 saturated heterocycles. The molecule has 0 aliphatic rings. The molecule has 0 fully saturated rings. The van der Waals surface area contributed by atoms with Crippen molar-refractivity contribution in [2.45, 2.75) is 71.3 Å². The fourth-order valence-corrected chi connectivity index (χ4v) is 1.45. The molecule has 0 aromatic carbocycles. The molecule has 0 aromatic rings. The molecule has 0 spiro atoms. The molecule has 16 heavy (non-hydrogen) atoms. The van der Waals surface area contributed by atoms with E-state index >= 15 is 0 Å². The predicted molar refractivity (Wildman–Crippen MR) is 71.2 cm³/mol. The highest BCUT2D eigenvalue weighted by Crippen LogP contribution is 2.03. The third kappa shape index (κ3) is 11.3. The van der Waals surface area contributed by atoms with Crippen molar-refractivity contribution in [2.75, 3.05) is 0 Å². The summed E-state index contributed by atoms with van der Waals surface area (Å²) in [4.78, 5) is 0. The van der Waals surface area contributed by atoms with Gasteiger partial charge in [-0.3, -0.25) is 0 Å². The second-order valence-corrected chi connectivity index (χ2v) is 4.20. The zero-order valence-corrected chi connectivity index (χ0v) is 10.8. The molecule has 0 heterocycles. The summed E-state index contributed by atoms with van der Waals surface area (Å²) < 4.78 is 0. The minimum absolute atomic E-state index is 0.309. The van der Waals surface area contributed by atoms with E-state index in [4.69, 9.17) is 0 Å². The van der Waals surface area contributed by atoms with Crippen LogP contribution in [0.15, 0.2) is 12.2 Å². The van der Waals surface area contributed by atoms with Crippen LogP contribution in [-0.4, -0.2) is 11.2 Å². The summed E-state index contributed by atoms with van der Waals surface area (Å²) in [6, 6.07) is 0. The Morgan fingerprint density at radius 2 is 1.75 bits per heavy atom. The summed E-state index contributed by atoms with van der Waals surface area (Å²) >= 11 is 0. The van der Waals surface area contributed by atoms with Crippen LogP contribution in [0.2, 0.25) is 0 Å². The van der Waals surface area contributed by atoms with Gasteiger partial charge in [-0.2, -0.15) is 0 Å². The van der Waals surface area contributed by atoms with Gasteiger partial charge < -0.3 is 5.11 Å². The predicted octanol–water partition coefficient (Wildman–Crippen LogP) is 4.07. The van der Waals surface area contributed by atoms with Gasteiger partial charge in [-0.05, 0) is 25.0 Å². The lowest BCUT2D eigenvalue weighted by atomic mass is 10.1. The van der Waals surface area contributed by atoms with E-state index in [-0.39, 0.29) is 6.10 Å². The monoisotopic (exact) mass is 222 g/mol. The van der Waals surface area contributed by atoms with Gasteiger partial charge in [-0.1, -0.05) is 57.8 Å². The zero-order valence-electron chi connectivity index (χ0n) is 10.8. The molecule has 0 rings (SSSR count). The molecule has 0 aliphatic heterocycles. The van der Waals surface area contributed by atoms with Crippen molar-refractivity contribution < 1.29 is 5.11 Å². The Labute approximate surface area is 101 Å². The third-order valence-electron chi connectivity index (χ3n) is 2.51. The highest BCUT2D eigenvalue weighted by atomic mass is 16.3. The molecule has 0 amide bonds. The molecule has 1 nitrogen and oxygen atoms in total. The van der Waals surface area contributed by atoms with Gasteiger partial charge in [-0.15, -0.1) is 0 Å². The lowest BCUT2D eigenvalue weighted by Crippen LogP contribution is -2.00. The van der Waals surface area contributed by atoms with Crippen LogP contribution in [-0.2, 0) is 0 Å². The minimum atomic E-state index is -0.309. The normalized spacial score (nSPS) is 12.4. The quantitative estimate of drug-likeness (QED) is 0.485. The SMILES string of the molecule is CCCCCC#C/C=C/C(O)CCCCC. The molecular formula is C15H26O. The summed E-state index contributed by atoms with van der Waals surface area (Å²) in [5.41, 5.74) is 0. The van der Waals surface area contributed by atoms with Crippen LogP contribution >= 0.6 is 0 Å². The number of rotatable bonds is 8. The van der Waals surface area contributed by atoms with Crippen LogP contribution in [0.1, 0.15) is 65.2 Å². The van der Waals surface area contributed by atoms with Crippen LogP contribution in [0.25, 0.3) is 0 Å². The summed E-state index contributed by atoms with van der Waals surface area (Å²) in [6.07, 6.45) is 12.3. The van der Waals surface area contributed by atoms with E-state index in [9.17, 15) is 5.11 Å². The molecule has 1 heteroatoms. The smallest absolute Gasteiger partial charge is 0.0730 e. The van der Waals surface area contributed by atoms with Crippen molar-refractivity contribution in [2.24, 2.45) is 0 Å². The maximum Gasteiger partial charge on any atom is 0.0730 e. The fourth-order valence-electron chi connectivity index (χ4n) is 1.45. The van der Waals surface area contributed by atoms with Crippen LogP contribution in [0, 0.1) is 11.8 Å². The van der Waals surface area contributed by atoms with Crippen LogP contribution in [0.4, 0.5) is 0 Å². The molecular weight excluding hydrogens is 196 g/mol. The maximum absolute atomic E-state index is 9.56. The molecule has 1 N–H and O–H groups in total. The average molecular weight is 222 g/mol. The van der Waals surface area contributed by atoms with Crippen LogP contribution in [0.3, 0.4) is 0 Å². The van der Waals surface area contributed by atoms with Gasteiger partial charge in [0.15, 0.2) is 0 Å². The van der Waals surface area contributed by atoms with E-state index in [1.807, 2.05) is 6.08 Å². The molecule has 92 valence electrons. The molecule has 1 unspecified atom stereocenters. The van der Waals surface area contributed by atoms with Gasteiger partial charge in [0.2, 0.25) is 0 Å². The summed E-state index contributed by atoms with van der Waals surface area (Å²) in [7, 11) is 0. The Balaban J connectivity index is 3.49. The Morgan fingerprint density at radius 1 is 1.06 bits per heavy atom. The summed E-state index contributed by atoms with van der Waals surface area (Å²) in [5, 5.41) is 9.56. The molecule has 0 radical (unpaired) electrons. The first kappa shape index (κ1) is 15.3. The lowest BCUT2D eigenvalue weighted by molar-refractivity contribution is 0.208. The number of hydrogen-bond donors (Lipinski definition) is 1. The first-order chi connectivity index (χ1) is 7.81. The van der Waals surface area contributed by atoms with E-state index in [0.717, 1.165) is 19.3 Å². The molecule has 1 atom stereocenters. The Hall–Kier alpha value is -0.740. The summed E-state index contributed by atoms with van der Waals surface area (Å²) in [5.74, 6) is 6.07. The fraction of sp³-hybridized carbons (Fsp3) is 0.733. The Morgan fingerprint density at radius 3 is 2.44 bits per heavy atom. The molecule has 0 aliphatic carbocycles. The lowest BCUT2D eigenvalue weighted by Gasteiger charge is -2.02. The van der Waals surface area contributed by atoms with Gasteiger partial charge in [0.05, 0.1) is 6.10 Å².